The maximum absolute atomic E-state index is 12.5. The Labute approximate surface area is 168 Å². The molecule has 0 bridgehead atoms. The van der Waals surface area contributed by atoms with E-state index in [4.69, 9.17) is 10.5 Å². The Morgan fingerprint density at radius 2 is 1.75 bits per heavy atom. The first-order valence-electron chi connectivity index (χ1n) is 8.71. The minimum Gasteiger partial charge on any atom is -0.454 e. The number of amides is 4. The number of primary amides is 1. The normalized spacial score (nSPS) is 12.0. The van der Waals surface area contributed by atoms with E-state index in [0.717, 1.165) is 5.56 Å². The van der Waals surface area contributed by atoms with Crippen LogP contribution in [0.3, 0.4) is 0 Å². The van der Waals surface area contributed by atoms with Crippen LogP contribution in [-0.2, 0) is 19.7 Å². The zero-order valence-electron chi connectivity index (χ0n) is 16.5. The summed E-state index contributed by atoms with van der Waals surface area (Å²) in [4.78, 5) is 46.7. The van der Waals surface area contributed by atoms with Crippen LogP contribution in [0.2, 0.25) is 0 Å². The lowest BCUT2D eigenvalue weighted by molar-refractivity contribution is -0.150. The Hall–Kier alpha value is -2.55. The summed E-state index contributed by atoms with van der Waals surface area (Å²) >= 11 is 1.51. The van der Waals surface area contributed by atoms with Gasteiger partial charge in [0.1, 0.15) is 6.04 Å². The van der Waals surface area contributed by atoms with Gasteiger partial charge in [0, 0.05) is 5.56 Å². The largest absolute Gasteiger partial charge is 0.454 e. The Kier molecular flexibility index (Phi) is 8.98. The zero-order chi connectivity index (χ0) is 21.3. The first-order chi connectivity index (χ1) is 13.0. The second-order valence-corrected chi connectivity index (χ2v) is 8.14. The second kappa shape index (κ2) is 10.7. The van der Waals surface area contributed by atoms with Crippen LogP contribution in [0, 0.1) is 0 Å². The number of nitrogens with one attached hydrogen (secondary N) is 2. The van der Waals surface area contributed by atoms with Crippen LogP contribution < -0.4 is 16.4 Å². The van der Waals surface area contributed by atoms with Gasteiger partial charge in [-0.1, -0.05) is 32.9 Å². The van der Waals surface area contributed by atoms with Crippen LogP contribution in [0.4, 0.5) is 4.79 Å². The SMILES string of the molecule is CSCC[C@H](NC(=O)c1ccc(C(C)(C)C)cc1)C(=O)OCC(=O)NC(N)=O. The molecule has 0 aromatic heterocycles. The molecule has 28 heavy (non-hydrogen) atoms. The number of hydrogen-bond donors (Lipinski definition) is 3. The number of urea groups is 1. The van der Waals surface area contributed by atoms with E-state index in [1.807, 2.05) is 18.4 Å². The molecule has 0 saturated carbocycles. The molecule has 0 fully saturated rings. The zero-order valence-corrected chi connectivity index (χ0v) is 17.4. The minimum atomic E-state index is -1.04. The lowest BCUT2D eigenvalue weighted by atomic mass is 9.86. The molecule has 1 atom stereocenters. The molecule has 8 nitrogen and oxygen atoms in total. The summed E-state index contributed by atoms with van der Waals surface area (Å²) < 4.78 is 4.88. The number of benzene rings is 1. The van der Waals surface area contributed by atoms with Gasteiger partial charge in [-0.05, 0) is 41.5 Å². The van der Waals surface area contributed by atoms with Crippen molar-refractivity contribution in [3.8, 4) is 0 Å². The van der Waals surface area contributed by atoms with Gasteiger partial charge < -0.3 is 15.8 Å². The van der Waals surface area contributed by atoms with Crippen molar-refractivity contribution in [1.82, 2.24) is 10.6 Å². The highest BCUT2D eigenvalue weighted by Gasteiger charge is 2.24. The van der Waals surface area contributed by atoms with Crippen molar-refractivity contribution in [3.63, 3.8) is 0 Å². The highest BCUT2D eigenvalue weighted by Crippen LogP contribution is 2.22. The average Bonchev–Trinajstić information content (AvgIpc) is 2.61. The molecule has 1 aromatic rings. The molecule has 0 heterocycles. The number of imide groups is 1. The first kappa shape index (κ1) is 23.5. The molecule has 0 aliphatic carbocycles. The number of carbonyl (C=O) groups is 4. The quantitative estimate of drug-likeness (QED) is 0.559. The van der Waals surface area contributed by atoms with E-state index < -0.39 is 36.5 Å². The van der Waals surface area contributed by atoms with Crippen molar-refractivity contribution in [2.24, 2.45) is 5.73 Å². The summed E-state index contributed by atoms with van der Waals surface area (Å²) in [6.07, 6.45) is 2.21. The summed E-state index contributed by atoms with van der Waals surface area (Å²) in [5, 5.41) is 4.44. The van der Waals surface area contributed by atoms with Crippen molar-refractivity contribution in [2.75, 3.05) is 18.6 Å². The first-order valence-corrected chi connectivity index (χ1v) is 10.1. The predicted molar refractivity (Wildman–Crippen MR) is 108 cm³/mol. The van der Waals surface area contributed by atoms with E-state index in [1.54, 1.807) is 17.4 Å². The standard InChI is InChI=1S/C19H27N3O5S/c1-19(2,3)13-7-5-12(6-8-13)16(24)21-14(9-10-28-4)17(25)27-11-15(23)22-18(20)26/h5-8,14H,9-11H2,1-4H3,(H,21,24)(H3,20,22,23,26)/t14-/m0/s1. The molecular formula is C19H27N3O5S. The third-order valence-corrected chi connectivity index (χ3v) is 4.47. The Bertz CT molecular complexity index is 713. The maximum atomic E-state index is 12.5. The average molecular weight is 410 g/mol. The smallest absolute Gasteiger partial charge is 0.329 e. The summed E-state index contributed by atoms with van der Waals surface area (Å²) in [5.41, 5.74) is 6.29. The van der Waals surface area contributed by atoms with Gasteiger partial charge in [0.15, 0.2) is 6.61 Å². The fourth-order valence-corrected chi connectivity index (χ4v) is 2.73. The molecule has 0 radical (unpaired) electrons. The van der Waals surface area contributed by atoms with Crippen molar-refractivity contribution in [1.29, 1.82) is 0 Å². The Morgan fingerprint density at radius 3 is 2.25 bits per heavy atom. The monoisotopic (exact) mass is 409 g/mol. The highest BCUT2D eigenvalue weighted by atomic mass is 32.2. The van der Waals surface area contributed by atoms with E-state index in [1.165, 1.54) is 11.8 Å². The fraction of sp³-hybridized carbons (Fsp3) is 0.474. The molecule has 0 saturated heterocycles. The van der Waals surface area contributed by atoms with Gasteiger partial charge in [-0.15, -0.1) is 0 Å². The van der Waals surface area contributed by atoms with Crippen molar-refractivity contribution < 1.29 is 23.9 Å². The molecule has 0 aliphatic rings. The number of nitrogens with two attached hydrogens (primary N) is 1. The van der Waals surface area contributed by atoms with Gasteiger partial charge in [-0.3, -0.25) is 14.9 Å². The van der Waals surface area contributed by atoms with E-state index in [0.29, 0.717) is 17.7 Å². The fourth-order valence-electron chi connectivity index (χ4n) is 2.26. The lowest BCUT2D eigenvalue weighted by Crippen LogP contribution is -2.44. The van der Waals surface area contributed by atoms with Crippen LogP contribution in [-0.4, -0.2) is 48.5 Å². The van der Waals surface area contributed by atoms with Crippen LogP contribution >= 0.6 is 11.8 Å². The summed E-state index contributed by atoms with van der Waals surface area (Å²) in [6.45, 7) is 5.56. The van der Waals surface area contributed by atoms with E-state index in [9.17, 15) is 19.2 Å². The lowest BCUT2D eigenvalue weighted by Gasteiger charge is -2.20. The predicted octanol–water partition coefficient (Wildman–Crippen LogP) is 1.57. The maximum Gasteiger partial charge on any atom is 0.329 e. The number of ether oxygens (including phenoxy) is 1. The van der Waals surface area contributed by atoms with Crippen molar-refractivity contribution >= 4 is 35.6 Å². The van der Waals surface area contributed by atoms with Crippen LogP contribution in [0.15, 0.2) is 24.3 Å². The number of esters is 1. The van der Waals surface area contributed by atoms with Crippen LogP contribution in [0.25, 0.3) is 0 Å². The Morgan fingerprint density at radius 1 is 1.14 bits per heavy atom. The number of thioether (sulfide) groups is 1. The summed E-state index contributed by atoms with van der Waals surface area (Å²) in [5.74, 6) is -1.40. The van der Waals surface area contributed by atoms with Crippen molar-refractivity contribution in [2.45, 2.75) is 38.6 Å². The van der Waals surface area contributed by atoms with Gasteiger partial charge in [0.2, 0.25) is 0 Å². The van der Waals surface area contributed by atoms with Gasteiger partial charge in [-0.25, -0.2) is 9.59 Å². The van der Waals surface area contributed by atoms with Gasteiger partial charge in [-0.2, -0.15) is 11.8 Å². The van der Waals surface area contributed by atoms with Crippen molar-refractivity contribution in [3.05, 3.63) is 35.4 Å². The molecule has 1 aromatic carbocycles. The van der Waals surface area contributed by atoms with E-state index in [2.05, 4.69) is 26.1 Å². The Balaban J connectivity index is 2.76. The van der Waals surface area contributed by atoms with Crippen LogP contribution in [0.1, 0.15) is 43.1 Å². The molecule has 4 amide bonds. The third-order valence-electron chi connectivity index (χ3n) is 3.82. The topological polar surface area (TPSA) is 128 Å². The van der Waals surface area contributed by atoms with E-state index in [-0.39, 0.29) is 5.41 Å². The van der Waals surface area contributed by atoms with Gasteiger partial charge >= 0.3 is 12.0 Å². The molecule has 0 aliphatic heterocycles. The third kappa shape index (κ3) is 7.99. The number of carbonyl (C=O) groups excluding carboxylic acids is 4. The molecule has 0 spiro atoms. The second-order valence-electron chi connectivity index (χ2n) is 7.16. The number of rotatable bonds is 8. The summed E-state index contributed by atoms with van der Waals surface area (Å²) in [7, 11) is 0. The molecule has 4 N–H and O–H groups in total. The van der Waals surface area contributed by atoms with Crippen LogP contribution in [0.5, 0.6) is 0 Å². The molecule has 154 valence electrons. The molecular weight excluding hydrogens is 382 g/mol. The number of hydrogen-bond acceptors (Lipinski definition) is 6. The van der Waals surface area contributed by atoms with Gasteiger partial charge in [0.05, 0.1) is 0 Å². The van der Waals surface area contributed by atoms with E-state index >= 15 is 0 Å². The molecule has 9 heteroatoms. The highest BCUT2D eigenvalue weighted by molar-refractivity contribution is 7.98. The molecule has 1 rings (SSSR count). The summed E-state index contributed by atoms with van der Waals surface area (Å²) in [6, 6.07) is 5.20. The van der Waals surface area contributed by atoms with Gasteiger partial charge in [0.25, 0.3) is 11.8 Å². The minimum absolute atomic E-state index is 0.0365. The molecule has 0 unspecified atom stereocenters.